The van der Waals surface area contributed by atoms with Crippen molar-refractivity contribution < 1.29 is 23.4 Å². The standard InChI is InChI=1S/C23H36F2N2O3/c1-3-27(15-16-28)14-6-4-5-7-18-8-11-20(12-9-18)26(2)23(29)30-22-13-10-19(24)17-21(22)25/h10,13,17-18,20,28H,3-9,11-12,14-16H2,1-2H3/t18-,20-. The lowest BCUT2D eigenvalue weighted by atomic mass is 9.82. The van der Waals surface area contributed by atoms with Crippen LogP contribution in [0.1, 0.15) is 58.3 Å². The number of ether oxygens (including phenoxy) is 1. The summed E-state index contributed by atoms with van der Waals surface area (Å²) in [6.45, 7) is 5.12. The molecule has 1 aliphatic carbocycles. The number of likely N-dealkylation sites (N-methyl/N-ethyl adjacent to an activating group) is 1. The van der Waals surface area contributed by atoms with Crippen LogP contribution in [-0.2, 0) is 0 Å². The molecule has 1 aromatic rings. The van der Waals surface area contributed by atoms with Crippen molar-refractivity contribution >= 4 is 6.09 Å². The van der Waals surface area contributed by atoms with E-state index in [0.717, 1.165) is 63.9 Å². The molecule has 1 aliphatic rings. The summed E-state index contributed by atoms with van der Waals surface area (Å²) in [5.41, 5.74) is 0. The molecule has 0 spiro atoms. The van der Waals surface area contributed by atoms with Gasteiger partial charge in [0.1, 0.15) is 5.82 Å². The van der Waals surface area contributed by atoms with Gasteiger partial charge in [0.15, 0.2) is 11.6 Å². The molecule has 1 aromatic carbocycles. The molecule has 170 valence electrons. The third kappa shape index (κ3) is 7.84. The highest BCUT2D eigenvalue weighted by atomic mass is 19.1. The molecule has 0 aliphatic heterocycles. The monoisotopic (exact) mass is 426 g/mol. The number of rotatable bonds is 11. The number of benzene rings is 1. The molecule has 0 saturated heterocycles. The zero-order valence-corrected chi connectivity index (χ0v) is 18.3. The van der Waals surface area contributed by atoms with Crippen LogP contribution >= 0.6 is 0 Å². The third-order valence-electron chi connectivity index (χ3n) is 6.19. The van der Waals surface area contributed by atoms with Crippen LogP contribution < -0.4 is 4.74 Å². The first-order valence-corrected chi connectivity index (χ1v) is 11.2. The van der Waals surface area contributed by atoms with Crippen LogP contribution in [-0.4, -0.2) is 60.3 Å². The van der Waals surface area contributed by atoms with Crippen LogP contribution in [0.4, 0.5) is 13.6 Å². The summed E-state index contributed by atoms with van der Waals surface area (Å²) in [7, 11) is 1.68. The lowest BCUT2D eigenvalue weighted by molar-refractivity contribution is 0.122. The summed E-state index contributed by atoms with van der Waals surface area (Å²) < 4.78 is 31.8. The zero-order valence-electron chi connectivity index (χ0n) is 18.3. The second-order valence-electron chi connectivity index (χ2n) is 8.24. The molecule has 1 fully saturated rings. The van der Waals surface area contributed by atoms with E-state index in [1.807, 2.05) is 0 Å². The van der Waals surface area contributed by atoms with Crippen molar-refractivity contribution in [2.45, 2.75) is 64.3 Å². The number of carbonyl (C=O) groups is 1. The molecular weight excluding hydrogens is 390 g/mol. The average molecular weight is 427 g/mol. The minimum Gasteiger partial charge on any atom is -0.407 e. The van der Waals surface area contributed by atoms with Crippen LogP contribution in [0.3, 0.4) is 0 Å². The van der Waals surface area contributed by atoms with Crippen LogP contribution in [0.25, 0.3) is 0 Å². The van der Waals surface area contributed by atoms with Gasteiger partial charge in [-0.1, -0.05) is 26.2 Å². The smallest absolute Gasteiger partial charge is 0.407 e. The number of unbranched alkanes of at least 4 members (excludes halogenated alkanes) is 2. The van der Waals surface area contributed by atoms with Gasteiger partial charge in [0.25, 0.3) is 0 Å². The van der Waals surface area contributed by atoms with E-state index in [4.69, 9.17) is 9.84 Å². The first kappa shape index (κ1) is 24.5. The third-order valence-corrected chi connectivity index (χ3v) is 6.19. The highest BCUT2D eigenvalue weighted by molar-refractivity contribution is 5.70. The molecule has 7 heteroatoms. The number of aliphatic hydroxyl groups excluding tert-OH is 1. The van der Waals surface area contributed by atoms with E-state index in [2.05, 4.69) is 11.8 Å². The molecule has 0 heterocycles. The van der Waals surface area contributed by atoms with Gasteiger partial charge >= 0.3 is 6.09 Å². The van der Waals surface area contributed by atoms with Gasteiger partial charge in [0.2, 0.25) is 0 Å². The molecule has 1 N–H and O–H groups in total. The Bertz CT molecular complexity index is 651. The zero-order chi connectivity index (χ0) is 21.9. The second kappa shape index (κ2) is 12.8. The highest BCUT2D eigenvalue weighted by Crippen LogP contribution is 2.31. The Morgan fingerprint density at radius 3 is 2.50 bits per heavy atom. The maximum absolute atomic E-state index is 13.7. The van der Waals surface area contributed by atoms with Crippen LogP contribution in [0, 0.1) is 17.6 Å². The number of hydrogen-bond acceptors (Lipinski definition) is 4. The van der Waals surface area contributed by atoms with Crippen molar-refractivity contribution in [3.05, 3.63) is 29.8 Å². The molecule has 5 nitrogen and oxygen atoms in total. The summed E-state index contributed by atoms with van der Waals surface area (Å²) in [4.78, 5) is 16.1. The fourth-order valence-electron chi connectivity index (χ4n) is 4.21. The summed E-state index contributed by atoms with van der Waals surface area (Å²) in [6.07, 6.45) is 8.20. The van der Waals surface area contributed by atoms with E-state index in [1.54, 1.807) is 11.9 Å². The predicted octanol–water partition coefficient (Wildman–Crippen LogP) is 4.83. The molecule has 0 radical (unpaired) electrons. The molecule has 0 aromatic heterocycles. The molecule has 0 unspecified atom stereocenters. The minimum atomic E-state index is -0.876. The average Bonchev–Trinajstić information content (AvgIpc) is 2.74. The first-order chi connectivity index (χ1) is 14.4. The lowest BCUT2D eigenvalue weighted by Gasteiger charge is -2.34. The van der Waals surface area contributed by atoms with Gasteiger partial charge in [-0.05, 0) is 63.2 Å². The quantitative estimate of drug-likeness (QED) is 0.515. The van der Waals surface area contributed by atoms with Gasteiger partial charge in [0, 0.05) is 25.7 Å². The molecule has 30 heavy (non-hydrogen) atoms. The van der Waals surface area contributed by atoms with Crippen molar-refractivity contribution in [1.82, 2.24) is 9.80 Å². The highest BCUT2D eigenvalue weighted by Gasteiger charge is 2.27. The van der Waals surface area contributed by atoms with Crippen molar-refractivity contribution in [2.24, 2.45) is 5.92 Å². The first-order valence-electron chi connectivity index (χ1n) is 11.2. The Hall–Kier alpha value is -1.73. The fraction of sp³-hybridized carbons (Fsp3) is 0.696. The molecule has 1 saturated carbocycles. The van der Waals surface area contributed by atoms with Crippen LogP contribution in [0.15, 0.2) is 18.2 Å². The number of amides is 1. The molecule has 2 rings (SSSR count). The largest absolute Gasteiger partial charge is 0.415 e. The van der Waals surface area contributed by atoms with Crippen molar-refractivity contribution in [2.75, 3.05) is 33.3 Å². The van der Waals surface area contributed by atoms with Gasteiger partial charge in [-0.3, -0.25) is 0 Å². The Morgan fingerprint density at radius 2 is 1.87 bits per heavy atom. The topological polar surface area (TPSA) is 53.0 Å². The molecular formula is C23H36F2N2O3. The number of halogens is 2. The fourth-order valence-corrected chi connectivity index (χ4v) is 4.21. The van der Waals surface area contributed by atoms with Gasteiger partial charge in [0.05, 0.1) is 6.61 Å². The maximum Gasteiger partial charge on any atom is 0.415 e. The number of hydrogen-bond donors (Lipinski definition) is 1. The lowest BCUT2D eigenvalue weighted by Crippen LogP contribution is -2.41. The number of carbonyl (C=O) groups excluding carboxylic acids is 1. The van der Waals surface area contributed by atoms with Gasteiger partial charge < -0.3 is 19.6 Å². The van der Waals surface area contributed by atoms with E-state index in [9.17, 15) is 13.6 Å². The normalized spacial score (nSPS) is 19.1. The van der Waals surface area contributed by atoms with E-state index in [1.165, 1.54) is 19.3 Å². The summed E-state index contributed by atoms with van der Waals surface area (Å²) in [6, 6.07) is 3.01. The Labute approximate surface area is 179 Å². The number of nitrogens with zero attached hydrogens (tertiary/aromatic N) is 2. The van der Waals surface area contributed by atoms with Crippen molar-refractivity contribution in [3.63, 3.8) is 0 Å². The Kier molecular flexibility index (Phi) is 10.5. The predicted molar refractivity (Wildman–Crippen MR) is 114 cm³/mol. The Morgan fingerprint density at radius 1 is 1.13 bits per heavy atom. The second-order valence-corrected chi connectivity index (χ2v) is 8.24. The van der Waals surface area contributed by atoms with Crippen molar-refractivity contribution in [3.8, 4) is 5.75 Å². The molecule has 0 atom stereocenters. The minimum absolute atomic E-state index is 0.0915. The number of aliphatic hydroxyl groups is 1. The summed E-state index contributed by atoms with van der Waals surface area (Å²) in [5.74, 6) is -1.13. The van der Waals surface area contributed by atoms with Crippen LogP contribution in [0.2, 0.25) is 0 Å². The van der Waals surface area contributed by atoms with E-state index >= 15 is 0 Å². The SMILES string of the molecule is CCN(CCO)CCCCC[C@H]1CC[C@H](N(C)C(=O)Oc2ccc(F)cc2F)CC1. The van der Waals surface area contributed by atoms with E-state index in [-0.39, 0.29) is 18.4 Å². The van der Waals surface area contributed by atoms with E-state index in [0.29, 0.717) is 12.0 Å². The van der Waals surface area contributed by atoms with Gasteiger partial charge in [-0.2, -0.15) is 0 Å². The molecule has 1 amide bonds. The van der Waals surface area contributed by atoms with Gasteiger partial charge in [-0.25, -0.2) is 13.6 Å². The summed E-state index contributed by atoms with van der Waals surface area (Å²) >= 11 is 0. The van der Waals surface area contributed by atoms with Crippen molar-refractivity contribution in [1.29, 1.82) is 0 Å². The van der Waals surface area contributed by atoms with Gasteiger partial charge in [-0.15, -0.1) is 0 Å². The maximum atomic E-state index is 13.7. The summed E-state index contributed by atoms with van der Waals surface area (Å²) in [5, 5.41) is 9.03. The van der Waals surface area contributed by atoms with Crippen LogP contribution in [0.5, 0.6) is 5.75 Å². The Balaban J connectivity index is 1.65. The van der Waals surface area contributed by atoms with E-state index < -0.39 is 17.7 Å². The molecule has 0 bridgehead atoms.